The van der Waals surface area contributed by atoms with Crippen LogP contribution in [0.2, 0.25) is 0 Å². The van der Waals surface area contributed by atoms with Gasteiger partial charge in [-0.15, -0.1) is 11.8 Å². The number of sulfonamides is 1. The molecule has 1 aromatic carbocycles. The van der Waals surface area contributed by atoms with E-state index >= 15 is 0 Å². The molecule has 17 heavy (non-hydrogen) atoms. The topological polar surface area (TPSA) is 66.4 Å². The van der Waals surface area contributed by atoms with Gasteiger partial charge in [-0.1, -0.05) is 0 Å². The second kappa shape index (κ2) is 6.88. The Morgan fingerprint density at radius 2 is 1.88 bits per heavy atom. The Kier molecular flexibility index (Phi) is 5.80. The van der Waals surface area contributed by atoms with Crippen LogP contribution in [0, 0.1) is 0 Å². The quantitative estimate of drug-likeness (QED) is 0.589. The Hall–Kier alpha value is -0.720. The van der Waals surface area contributed by atoms with E-state index in [0.29, 0.717) is 18.5 Å². The van der Waals surface area contributed by atoms with Crippen LogP contribution in [0.3, 0.4) is 0 Å². The van der Waals surface area contributed by atoms with E-state index in [2.05, 4.69) is 4.72 Å². The Balaban J connectivity index is 2.56. The van der Waals surface area contributed by atoms with Gasteiger partial charge in [-0.3, -0.25) is 4.72 Å². The first-order chi connectivity index (χ1) is 8.07. The van der Waals surface area contributed by atoms with E-state index < -0.39 is 10.0 Å². The van der Waals surface area contributed by atoms with Gasteiger partial charge in [-0.2, -0.15) is 0 Å². The highest BCUT2D eigenvalue weighted by molar-refractivity contribution is 7.98. The van der Waals surface area contributed by atoms with E-state index in [1.807, 2.05) is 18.4 Å². The molecule has 0 bridgehead atoms. The Labute approximate surface area is 106 Å². The fourth-order valence-corrected chi connectivity index (χ4v) is 2.88. The van der Waals surface area contributed by atoms with E-state index in [4.69, 9.17) is 5.11 Å². The number of aliphatic hydroxyl groups excluding tert-OH is 1. The van der Waals surface area contributed by atoms with Crippen LogP contribution < -0.4 is 4.72 Å². The SMILES string of the molecule is CSc1ccc(NS(=O)(=O)CCCCO)cc1. The lowest BCUT2D eigenvalue weighted by molar-refractivity contribution is 0.287. The van der Waals surface area contributed by atoms with Gasteiger partial charge in [-0.05, 0) is 43.4 Å². The summed E-state index contributed by atoms with van der Waals surface area (Å²) in [6.45, 7) is 0.0257. The summed E-state index contributed by atoms with van der Waals surface area (Å²) in [6.07, 6.45) is 2.94. The maximum atomic E-state index is 11.6. The van der Waals surface area contributed by atoms with Crippen molar-refractivity contribution in [2.75, 3.05) is 23.3 Å². The minimum Gasteiger partial charge on any atom is -0.396 e. The van der Waals surface area contributed by atoms with Crippen LogP contribution in [-0.2, 0) is 10.0 Å². The average molecular weight is 275 g/mol. The molecule has 0 fully saturated rings. The van der Waals surface area contributed by atoms with Gasteiger partial charge in [0.05, 0.1) is 5.75 Å². The van der Waals surface area contributed by atoms with E-state index in [0.717, 1.165) is 4.90 Å². The predicted molar refractivity (Wildman–Crippen MR) is 72.0 cm³/mol. The highest BCUT2D eigenvalue weighted by Crippen LogP contribution is 2.18. The highest BCUT2D eigenvalue weighted by atomic mass is 32.2. The first-order valence-electron chi connectivity index (χ1n) is 5.33. The number of benzene rings is 1. The molecule has 0 spiro atoms. The molecule has 1 rings (SSSR count). The average Bonchev–Trinajstić information content (AvgIpc) is 2.30. The van der Waals surface area contributed by atoms with Crippen molar-refractivity contribution < 1.29 is 13.5 Å². The maximum absolute atomic E-state index is 11.6. The fourth-order valence-electron chi connectivity index (χ4n) is 1.29. The van der Waals surface area contributed by atoms with Crippen molar-refractivity contribution >= 4 is 27.5 Å². The molecule has 0 radical (unpaired) electrons. The van der Waals surface area contributed by atoms with Crippen molar-refractivity contribution in [1.82, 2.24) is 0 Å². The van der Waals surface area contributed by atoms with Crippen molar-refractivity contribution in [2.45, 2.75) is 17.7 Å². The third-order valence-electron chi connectivity index (χ3n) is 2.18. The summed E-state index contributed by atoms with van der Waals surface area (Å²) < 4.78 is 25.8. The molecule has 0 heterocycles. The van der Waals surface area contributed by atoms with Crippen LogP contribution >= 0.6 is 11.8 Å². The largest absolute Gasteiger partial charge is 0.396 e. The number of hydrogen-bond acceptors (Lipinski definition) is 4. The number of rotatable bonds is 7. The molecule has 0 aliphatic heterocycles. The summed E-state index contributed by atoms with van der Waals surface area (Å²) in [5.41, 5.74) is 0.576. The van der Waals surface area contributed by atoms with Crippen LogP contribution in [0.4, 0.5) is 5.69 Å². The van der Waals surface area contributed by atoms with Gasteiger partial charge in [0.1, 0.15) is 0 Å². The van der Waals surface area contributed by atoms with Crippen molar-refractivity contribution in [1.29, 1.82) is 0 Å². The Morgan fingerprint density at radius 1 is 1.24 bits per heavy atom. The van der Waals surface area contributed by atoms with Gasteiger partial charge in [0.2, 0.25) is 10.0 Å². The highest BCUT2D eigenvalue weighted by Gasteiger charge is 2.09. The van der Waals surface area contributed by atoms with Crippen LogP contribution in [0.5, 0.6) is 0 Å². The standard InChI is InChI=1S/C11H17NO3S2/c1-16-11-6-4-10(5-7-11)12-17(14,15)9-3-2-8-13/h4-7,12-13H,2-3,8-9H2,1H3. The summed E-state index contributed by atoms with van der Waals surface area (Å²) >= 11 is 1.61. The van der Waals surface area contributed by atoms with Crippen LogP contribution in [0.25, 0.3) is 0 Å². The van der Waals surface area contributed by atoms with Gasteiger partial charge < -0.3 is 5.11 Å². The zero-order chi connectivity index (χ0) is 12.7. The first kappa shape index (κ1) is 14.3. The maximum Gasteiger partial charge on any atom is 0.232 e. The molecule has 0 atom stereocenters. The lowest BCUT2D eigenvalue weighted by Crippen LogP contribution is -2.16. The molecule has 0 aliphatic rings. The van der Waals surface area contributed by atoms with E-state index in [1.54, 1.807) is 23.9 Å². The normalized spacial score (nSPS) is 11.4. The third kappa shape index (κ3) is 5.43. The second-order valence-electron chi connectivity index (χ2n) is 3.58. The minimum absolute atomic E-state index is 0.0257. The van der Waals surface area contributed by atoms with Gasteiger partial charge in [-0.25, -0.2) is 8.42 Å². The summed E-state index contributed by atoms with van der Waals surface area (Å²) in [5, 5.41) is 8.59. The van der Waals surface area contributed by atoms with E-state index in [9.17, 15) is 8.42 Å². The Bertz CT molecular complexity index is 429. The van der Waals surface area contributed by atoms with Crippen molar-refractivity contribution in [3.8, 4) is 0 Å². The predicted octanol–water partition coefficient (Wildman–Crippen LogP) is 1.92. The molecule has 0 amide bonds. The molecule has 96 valence electrons. The number of nitrogens with one attached hydrogen (secondary N) is 1. The van der Waals surface area contributed by atoms with Crippen molar-refractivity contribution in [2.24, 2.45) is 0 Å². The number of thioether (sulfide) groups is 1. The second-order valence-corrected chi connectivity index (χ2v) is 6.30. The summed E-state index contributed by atoms with van der Waals surface area (Å²) in [7, 11) is -3.29. The summed E-state index contributed by atoms with van der Waals surface area (Å²) in [5.74, 6) is 0.0395. The number of anilines is 1. The zero-order valence-corrected chi connectivity index (χ0v) is 11.4. The monoisotopic (exact) mass is 275 g/mol. The summed E-state index contributed by atoms with van der Waals surface area (Å²) in [6, 6.07) is 7.23. The van der Waals surface area contributed by atoms with Crippen molar-refractivity contribution in [3.05, 3.63) is 24.3 Å². The summed E-state index contributed by atoms with van der Waals surface area (Å²) in [4.78, 5) is 1.09. The molecule has 0 saturated heterocycles. The van der Waals surface area contributed by atoms with Gasteiger partial charge >= 0.3 is 0 Å². The van der Waals surface area contributed by atoms with Gasteiger partial charge in [0.15, 0.2) is 0 Å². The lowest BCUT2D eigenvalue weighted by atomic mass is 10.3. The van der Waals surface area contributed by atoms with Crippen LogP contribution in [-0.4, -0.2) is 32.1 Å². The molecule has 2 N–H and O–H groups in total. The minimum atomic E-state index is -3.29. The zero-order valence-electron chi connectivity index (χ0n) is 9.72. The molecule has 6 heteroatoms. The lowest BCUT2D eigenvalue weighted by Gasteiger charge is -2.07. The van der Waals surface area contributed by atoms with Gasteiger partial charge in [0, 0.05) is 17.2 Å². The fraction of sp³-hybridized carbons (Fsp3) is 0.455. The molecule has 0 saturated carbocycles. The molecular formula is C11H17NO3S2. The van der Waals surface area contributed by atoms with Crippen molar-refractivity contribution in [3.63, 3.8) is 0 Å². The van der Waals surface area contributed by atoms with Gasteiger partial charge in [0.25, 0.3) is 0 Å². The molecule has 4 nitrogen and oxygen atoms in total. The van der Waals surface area contributed by atoms with Crippen LogP contribution in [0.15, 0.2) is 29.2 Å². The molecule has 1 aromatic rings. The molecule has 0 aromatic heterocycles. The molecule has 0 unspecified atom stereocenters. The number of aliphatic hydroxyl groups is 1. The number of unbranched alkanes of at least 4 members (excludes halogenated alkanes) is 1. The van der Waals surface area contributed by atoms with E-state index in [-0.39, 0.29) is 12.4 Å². The molecular weight excluding hydrogens is 258 g/mol. The smallest absolute Gasteiger partial charge is 0.232 e. The van der Waals surface area contributed by atoms with E-state index in [1.165, 1.54) is 0 Å². The third-order valence-corrected chi connectivity index (χ3v) is 4.30. The first-order valence-corrected chi connectivity index (χ1v) is 8.20. The molecule has 0 aliphatic carbocycles. The number of hydrogen-bond donors (Lipinski definition) is 2. The Morgan fingerprint density at radius 3 is 2.41 bits per heavy atom. The van der Waals surface area contributed by atoms with Crippen LogP contribution in [0.1, 0.15) is 12.8 Å².